The van der Waals surface area contributed by atoms with E-state index in [1.165, 1.54) is 0 Å². The Balaban J connectivity index is 3.54. The predicted octanol–water partition coefficient (Wildman–Crippen LogP) is 0.528. The van der Waals surface area contributed by atoms with Gasteiger partial charge < -0.3 is 20.5 Å². The summed E-state index contributed by atoms with van der Waals surface area (Å²) in [5.74, 6) is -0.139. The zero-order valence-corrected chi connectivity index (χ0v) is 11.0. The Morgan fingerprint density at radius 1 is 1.47 bits per heavy atom. The van der Waals surface area contributed by atoms with Gasteiger partial charge in [0.05, 0.1) is 6.61 Å². The number of ether oxygens (including phenoxy) is 1. The average molecular weight is 264 g/mol. The van der Waals surface area contributed by atoms with Crippen molar-refractivity contribution in [3.63, 3.8) is 0 Å². The lowest BCUT2D eigenvalue weighted by atomic mass is 10.3. The molecule has 0 fully saturated rings. The third-order valence-corrected chi connectivity index (χ3v) is 2.69. The molecule has 0 aromatic heterocycles. The van der Waals surface area contributed by atoms with Crippen LogP contribution >= 0.6 is 11.8 Å². The van der Waals surface area contributed by atoms with Crippen LogP contribution in [0.4, 0.5) is 4.79 Å². The molecule has 0 saturated carbocycles. The highest BCUT2D eigenvalue weighted by Crippen LogP contribution is 2.00. The number of amides is 2. The fourth-order valence-corrected chi connectivity index (χ4v) is 1.82. The fraction of sp³-hybridized carbons (Fsp3) is 0.800. The van der Waals surface area contributed by atoms with Gasteiger partial charge >= 0.3 is 12.0 Å². The number of thioether (sulfide) groups is 1. The van der Waals surface area contributed by atoms with Crippen LogP contribution in [0.15, 0.2) is 0 Å². The average Bonchev–Trinajstić information content (AvgIpc) is 2.27. The van der Waals surface area contributed by atoms with E-state index in [-0.39, 0.29) is 25.3 Å². The van der Waals surface area contributed by atoms with Crippen molar-refractivity contribution in [2.24, 2.45) is 0 Å². The van der Waals surface area contributed by atoms with Gasteiger partial charge in [0.1, 0.15) is 6.61 Å². The van der Waals surface area contributed by atoms with E-state index in [2.05, 4.69) is 10.6 Å². The molecule has 0 rings (SSSR count). The van der Waals surface area contributed by atoms with Crippen LogP contribution in [0.5, 0.6) is 0 Å². The van der Waals surface area contributed by atoms with Crippen LogP contribution in [0.1, 0.15) is 13.3 Å². The summed E-state index contributed by atoms with van der Waals surface area (Å²) in [4.78, 5) is 21.5. The highest BCUT2D eigenvalue weighted by molar-refractivity contribution is 7.98. The largest absolute Gasteiger partial charge is 0.480 e. The standard InChI is InChI=1S/C10H20N2O4S/c1-3-8(7-17-2)12-10(15)11-4-5-16-6-9(13)14/h8H,3-7H2,1-2H3,(H,13,14)(H2,11,12,15). The summed E-state index contributed by atoms with van der Waals surface area (Å²) in [6, 6.07) is -0.0882. The second-order valence-corrected chi connectivity index (χ2v) is 4.32. The molecular weight excluding hydrogens is 244 g/mol. The molecule has 100 valence electrons. The van der Waals surface area contributed by atoms with Gasteiger partial charge in [0.2, 0.25) is 0 Å². The Hall–Kier alpha value is -0.950. The molecule has 2 amide bonds. The van der Waals surface area contributed by atoms with Gasteiger partial charge in [0.25, 0.3) is 0 Å². The Morgan fingerprint density at radius 2 is 2.18 bits per heavy atom. The topological polar surface area (TPSA) is 87.7 Å². The number of hydrogen-bond donors (Lipinski definition) is 3. The molecule has 0 aliphatic rings. The van der Waals surface area contributed by atoms with E-state index in [4.69, 9.17) is 9.84 Å². The monoisotopic (exact) mass is 264 g/mol. The summed E-state index contributed by atoms with van der Waals surface area (Å²) in [5.41, 5.74) is 0. The maximum atomic E-state index is 11.4. The van der Waals surface area contributed by atoms with Crippen molar-refractivity contribution >= 4 is 23.8 Å². The van der Waals surface area contributed by atoms with Crippen LogP contribution in [0, 0.1) is 0 Å². The van der Waals surface area contributed by atoms with Crippen molar-refractivity contribution in [2.45, 2.75) is 19.4 Å². The van der Waals surface area contributed by atoms with Crippen molar-refractivity contribution in [3.05, 3.63) is 0 Å². The molecule has 0 spiro atoms. The molecule has 1 unspecified atom stereocenters. The summed E-state index contributed by atoms with van der Waals surface area (Å²) in [5, 5.41) is 13.7. The Bertz CT molecular complexity index is 238. The first kappa shape index (κ1) is 16.1. The van der Waals surface area contributed by atoms with Crippen molar-refractivity contribution in [1.82, 2.24) is 10.6 Å². The highest BCUT2D eigenvalue weighted by atomic mass is 32.2. The number of carboxylic acids is 1. The van der Waals surface area contributed by atoms with E-state index < -0.39 is 5.97 Å². The van der Waals surface area contributed by atoms with E-state index in [0.29, 0.717) is 6.54 Å². The van der Waals surface area contributed by atoms with Crippen LogP contribution < -0.4 is 10.6 Å². The zero-order chi connectivity index (χ0) is 13.1. The minimum Gasteiger partial charge on any atom is -0.480 e. The van der Waals surface area contributed by atoms with Gasteiger partial charge in [-0.25, -0.2) is 9.59 Å². The van der Waals surface area contributed by atoms with Crippen LogP contribution in [0.3, 0.4) is 0 Å². The molecule has 0 aromatic carbocycles. The normalized spacial score (nSPS) is 11.9. The number of aliphatic carboxylic acids is 1. The predicted molar refractivity (Wildman–Crippen MR) is 67.5 cm³/mol. The lowest BCUT2D eigenvalue weighted by molar-refractivity contribution is -0.142. The highest BCUT2D eigenvalue weighted by Gasteiger charge is 2.08. The zero-order valence-electron chi connectivity index (χ0n) is 10.2. The minimum absolute atomic E-state index is 0.157. The second kappa shape index (κ2) is 10.2. The number of carbonyl (C=O) groups is 2. The van der Waals surface area contributed by atoms with Crippen LogP contribution in [-0.4, -0.2) is 54.9 Å². The van der Waals surface area contributed by atoms with Crippen molar-refractivity contribution in [2.75, 3.05) is 31.8 Å². The van der Waals surface area contributed by atoms with Gasteiger partial charge in [-0.1, -0.05) is 6.92 Å². The van der Waals surface area contributed by atoms with E-state index in [1.807, 2.05) is 13.2 Å². The lowest BCUT2D eigenvalue weighted by Crippen LogP contribution is -2.44. The Kier molecular flexibility index (Phi) is 9.65. The molecule has 1 atom stereocenters. The first-order chi connectivity index (χ1) is 8.10. The molecule has 3 N–H and O–H groups in total. The SMILES string of the molecule is CCC(CSC)NC(=O)NCCOCC(=O)O. The van der Waals surface area contributed by atoms with E-state index in [9.17, 15) is 9.59 Å². The molecule has 0 aromatic rings. The smallest absolute Gasteiger partial charge is 0.329 e. The Morgan fingerprint density at radius 3 is 2.71 bits per heavy atom. The third-order valence-electron chi connectivity index (χ3n) is 1.95. The molecule has 0 bridgehead atoms. The van der Waals surface area contributed by atoms with Crippen LogP contribution in [0.25, 0.3) is 0 Å². The van der Waals surface area contributed by atoms with Crippen LogP contribution in [0.2, 0.25) is 0 Å². The summed E-state index contributed by atoms with van der Waals surface area (Å²) < 4.78 is 4.78. The van der Waals surface area contributed by atoms with Crippen LogP contribution in [-0.2, 0) is 9.53 Å². The molecule has 0 saturated heterocycles. The molecular formula is C10H20N2O4S. The van der Waals surface area contributed by atoms with Crippen molar-refractivity contribution in [3.8, 4) is 0 Å². The van der Waals surface area contributed by atoms with Gasteiger partial charge in [-0.2, -0.15) is 11.8 Å². The first-order valence-electron chi connectivity index (χ1n) is 5.43. The lowest BCUT2D eigenvalue weighted by Gasteiger charge is -2.16. The number of nitrogens with one attached hydrogen (secondary N) is 2. The van der Waals surface area contributed by atoms with E-state index >= 15 is 0 Å². The molecule has 6 nitrogen and oxygen atoms in total. The van der Waals surface area contributed by atoms with Crippen molar-refractivity contribution < 1.29 is 19.4 Å². The van der Waals surface area contributed by atoms with E-state index in [1.54, 1.807) is 11.8 Å². The van der Waals surface area contributed by atoms with E-state index in [0.717, 1.165) is 12.2 Å². The van der Waals surface area contributed by atoms with Crippen molar-refractivity contribution in [1.29, 1.82) is 0 Å². The molecule has 0 heterocycles. The number of carbonyl (C=O) groups excluding carboxylic acids is 1. The third kappa shape index (κ3) is 9.95. The van der Waals surface area contributed by atoms with Gasteiger partial charge in [-0.3, -0.25) is 0 Å². The first-order valence-corrected chi connectivity index (χ1v) is 6.82. The molecule has 0 aliphatic carbocycles. The van der Waals surface area contributed by atoms with Gasteiger partial charge in [-0.15, -0.1) is 0 Å². The molecule has 0 radical (unpaired) electrons. The maximum Gasteiger partial charge on any atom is 0.329 e. The van der Waals surface area contributed by atoms with Gasteiger partial charge in [0, 0.05) is 18.3 Å². The minimum atomic E-state index is -1.01. The molecule has 0 aliphatic heterocycles. The van der Waals surface area contributed by atoms with Gasteiger partial charge in [0.15, 0.2) is 0 Å². The maximum absolute atomic E-state index is 11.4. The summed E-state index contributed by atoms with van der Waals surface area (Å²) in [6.07, 6.45) is 2.87. The number of rotatable bonds is 9. The molecule has 17 heavy (non-hydrogen) atoms. The summed E-state index contributed by atoms with van der Waals surface area (Å²) in [7, 11) is 0. The number of carboxylic acid groups (broad SMARTS) is 1. The quantitative estimate of drug-likeness (QED) is 0.529. The number of urea groups is 1. The second-order valence-electron chi connectivity index (χ2n) is 3.41. The number of hydrogen-bond acceptors (Lipinski definition) is 4. The van der Waals surface area contributed by atoms with Gasteiger partial charge in [-0.05, 0) is 12.7 Å². The Labute approximate surface area is 105 Å². The molecule has 7 heteroatoms. The summed E-state index contributed by atoms with van der Waals surface area (Å²) in [6.45, 7) is 2.17. The fourth-order valence-electron chi connectivity index (χ4n) is 1.10. The summed E-state index contributed by atoms with van der Waals surface area (Å²) >= 11 is 1.68.